The quantitative estimate of drug-likeness (QED) is 0.293. The van der Waals surface area contributed by atoms with Crippen molar-refractivity contribution in [2.24, 2.45) is 0 Å². The van der Waals surface area contributed by atoms with Crippen molar-refractivity contribution in [1.82, 2.24) is 20.9 Å². The second-order valence-corrected chi connectivity index (χ2v) is 7.03. The number of amides is 2. The van der Waals surface area contributed by atoms with Gasteiger partial charge in [-0.25, -0.2) is 4.79 Å². The van der Waals surface area contributed by atoms with E-state index in [0.717, 1.165) is 52.1 Å². The molecule has 24 heavy (non-hydrogen) atoms. The number of hydrogen-bond donors (Lipinski definition) is 4. The molecule has 0 atom stereocenters. The van der Waals surface area contributed by atoms with Crippen LogP contribution in [0, 0.1) is 5.41 Å². The molecule has 7 heteroatoms. The van der Waals surface area contributed by atoms with Gasteiger partial charge in [-0.05, 0) is 33.2 Å². The lowest BCUT2D eigenvalue weighted by atomic mass is 9.97. The van der Waals surface area contributed by atoms with Crippen LogP contribution in [0.4, 0.5) is 4.79 Å². The van der Waals surface area contributed by atoms with Crippen LogP contribution in [0.5, 0.6) is 0 Å². The molecule has 7 nitrogen and oxygen atoms in total. The van der Waals surface area contributed by atoms with E-state index in [1.807, 2.05) is 0 Å². The van der Waals surface area contributed by atoms with E-state index >= 15 is 0 Å². The van der Waals surface area contributed by atoms with E-state index in [1.54, 1.807) is 0 Å². The fourth-order valence-corrected chi connectivity index (χ4v) is 2.74. The summed E-state index contributed by atoms with van der Waals surface area (Å²) in [5.41, 5.74) is -0.185. The number of ether oxygens (including phenoxy) is 1. The maximum Gasteiger partial charge on any atom is 0.321 e. The summed E-state index contributed by atoms with van der Waals surface area (Å²) in [7, 11) is 0. The van der Waals surface area contributed by atoms with Crippen molar-refractivity contribution in [3.05, 3.63) is 0 Å². The lowest BCUT2D eigenvalue weighted by molar-refractivity contribution is 0.0375. The Hall–Kier alpha value is -1.34. The van der Waals surface area contributed by atoms with Gasteiger partial charge >= 0.3 is 6.03 Å². The highest BCUT2D eigenvalue weighted by molar-refractivity contribution is 5.94. The predicted octanol–water partition coefficient (Wildman–Crippen LogP) is 1.89. The highest BCUT2D eigenvalue weighted by Gasteiger charge is 2.19. The highest BCUT2D eigenvalue weighted by Crippen LogP contribution is 2.13. The largest absolute Gasteiger partial charge is 0.379 e. The summed E-state index contributed by atoms with van der Waals surface area (Å²) in [5.74, 6) is 0.0576. The third-order valence-electron chi connectivity index (χ3n) is 4.15. The van der Waals surface area contributed by atoms with Gasteiger partial charge in [0.2, 0.25) is 0 Å². The topological polar surface area (TPSA) is 89.5 Å². The molecule has 1 rings (SSSR count). The fraction of sp³-hybridized carbons (Fsp3) is 0.882. The van der Waals surface area contributed by atoms with Gasteiger partial charge in [0.1, 0.15) is 0 Å². The zero-order chi connectivity index (χ0) is 17.8. The zero-order valence-corrected chi connectivity index (χ0v) is 15.5. The molecule has 0 unspecified atom stereocenters. The number of carbonyl (C=O) groups excluding carboxylic acids is 1. The van der Waals surface area contributed by atoms with Crippen molar-refractivity contribution in [3.8, 4) is 0 Å². The molecule has 140 valence electrons. The standard InChI is InChI=1S/C17H35N5O2/c1-4-5-6-8-17(2,3)21-15(18)20-16(23)19-9-7-10-22-11-13-24-14-12-22/h4-14H2,1-3H3,(H4,18,19,20,21,23). The van der Waals surface area contributed by atoms with Crippen LogP contribution in [-0.4, -0.2) is 61.8 Å². The van der Waals surface area contributed by atoms with Crippen molar-refractivity contribution in [2.75, 3.05) is 39.4 Å². The van der Waals surface area contributed by atoms with Crippen LogP contribution in [0.2, 0.25) is 0 Å². The van der Waals surface area contributed by atoms with Crippen molar-refractivity contribution < 1.29 is 9.53 Å². The van der Waals surface area contributed by atoms with E-state index in [0.29, 0.717) is 6.54 Å². The van der Waals surface area contributed by atoms with E-state index in [1.165, 1.54) is 12.8 Å². The molecule has 1 aliphatic rings. The Morgan fingerprint density at radius 3 is 2.58 bits per heavy atom. The molecular weight excluding hydrogens is 306 g/mol. The van der Waals surface area contributed by atoms with Crippen LogP contribution in [0.3, 0.4) is 0 Å². The van der Waals surface area contributed by atoms with Crippen LogP contribution in [-0.2, 0) is 4.74 Å². The molecule has 0 radical (unpaired) electrons. The van der Waals surface area contributed by atoms with Gasteiger partial charge < -0.3 is 15.4 Å². The summed E-state index contributed by atoms with van der Waals surface area (Å²) in [4.78, 5) is 14.2. The number of morpholine rings is 1. The number of hydrogen-bond acceptors (Lipinski definition) is 4. The first-order valence-corrected chi connectivity index (χ1v) is 9.14. The molecule has 0 aromatic heterocycles. The zero-order valence-electron chi connectivity index (χ0n) is 15.5. The molecule has 0 bridgehead atoms. The van der Waals surface area contributed by atoms with Crippen molar-refractivity contribution in [3.63, 3.8) is 0 Å². The number of rotatable bonds is 9. The minimum absolute atomic E-state index is 0.0576. The molecule has 1 saturated heterocycles. The van der Waals surface area contributed by atoms with E-state index in [4.69, 9.17) is 10.1 Å². The number of nitrogens with zero attached hydrogens (tertiary/aromatic N) is 1. The molecule has 1 fully saturated rings. The van der Waals surface area contributed by atoms with Crippen molar-refractivity contribution in [2.45, 2.75) is 58.4 Å². The molecule has 0 aromatic carbocycles. The Bertz CT molecular complexity index is 381. The molecule has 4 N–H and O–H groups in total. The fourth-order valence-electron chi connectivity index (χ4n) is 2.74. The lowest BCUT2D eigenvalue weighted by Crippen LogP contribution is -2.52. The van der Waals surface area contributed by atoms with Gasteiger partial charge in [-0.15, -0.1) is 0 Å². The van der Waals surface area contributed by atoms with Gasteiger partial charge in [0.15, 0.2) is 5.96 Å². The molecule has 0 aromatic rings. The molecule has 1 heterocycles. The average molecular weight is 342 g/mol. The average Bonchev–Trinajstić information content (AvgIpc) is 2.52. The van der Waals surface area contributed by atoms with Crippen LogP contribution in [0.25, 0.3) is 0 Å². The SMILES string of the molecule is CCCCCC(C)(C)NC(=N)NC(=O)NCCCN1CCOCC1. The minimum atomic E-state index is -0.321. The highest BCUT2D eigenvalue weighted by atomic mass is 16.5. The third-order valence-corrected chi connectivity index (χ3v) is 4.15. The molecule has 0 spiro atoms. The maximum absolute atomic E-state index is 11.8. The summed E-state index contributed by atoms with van der Waals surface area (Å²) in [6.07, 6.45) is 5.37. The second-order valence-electron chi connectivity index (χ2n) is 7.03. The normalized spacial score (nSPS) is 15.8. The number of carbonyl (C=O) groups is 1. The Morgan fingerprint density at radius 2 is 1.92 bits per heavy atom. The first-order valence-electron chi connectivity index (χ1n) is 9.14. The summed E-state index contributed by atoms with van der Waals surface area (Å²) in [5, 5.41) is 16.3. The predicted molar refractivity (Wildman–Crippen MR) is 97.5 cm³/mol. The number of unbranched alkanes of at least 4 members (excludes halogenated alkanes) is 2. The lowest BCUT2D eigenvalue weighted by Gasteiger charge is -2.28. The molecule has 0 aliphatic carbocycles. The van der Waals surface area contributed by atoms with Gasteiger partial charge in [0, 0.05) is 25.2 Å². The molecule has 0 saturated carbocycles. The number of guanidine groups is 1. The molecular formula is C17H35N5O2. The molecule has 2 amide bonds. The van der Waals surface area contributed by atoms with E-state index in [9.17, 15) is 4.79 Å². The maximum atomic E-state index is 11.8. The second kappa shape index (κ2) is 11.3. The monoisotopic (exact) mass is 341 g/mol. The smallest absolute Gasteiger partial charge is 0.321 e. The number of urea groups is 1. The van der Waals surface area contributed by atoms with E-state index in [-0.39, 0.29) is 17.5 Å². The Kier molecular flexibility index (Phi) is 9.71. The summed E-state index contributed by atoms with van der Waals surface area (Å²) < 4.78 is 5.31. The van der Waals surface area contributed by atoms with Gasteiger partial charge in [0.25, 0.3) is 0 Å². The van der Waals surface area contributed by atoms with Crippen LogP contribution < -0.4 is 16.0 Å². The van der Waals surface area contributed by atoms with Crippen LogP contribution in [0.15, 0.2) is 0 Å². The first-order chi connectivity index (χ1) is 11.4. The Balaban J connectivity index is 2.11. The molecule has 1 aliphatic heterocycles. The van der Waals surface area contributed by atoms with Crippen LogP contribution in [0.1, 0.15) is 52.9 Å². The third kappa shape index (κ3) is 9.72. The minimum Gasteiger partial charge on any atom is -0.379 e. The number of nitrogens with one attached hydrogen (secondary N) is 4. The van der Waals surface area contributed by atoms with Gasteiger partial charge in [-0.3, -0.25) is 15.6 Å². The van der Waals surface area contributed by atoms with Crippen LogP contribution >= 0.6 is 0 Å². The Morgan fingerprint density at radius 1 is 1.21 bits per heavy atom. The van der Waals surface area contributed by atoms with Gasteiger partial charge in [-0.2, -0.15) is 0 Å². The van der Waals surface area contributed by atoms with Gasteiger partial charge in [0.05, 0.1) is 13.2 Å². The summed E-state index contributed by atoms with van der Waals surface area (Å²) >= 11 is 0. The van der Waals surface area contributed by atoms with Crippen molar-refractivity contribution in [1.29, 1.82) is 5.41 Å². The summed E-state index contributed by atoms with van der Waals surface area (Å²) in [6, 6.07) is -0.321. The summed E-state index contributed by atoms with van der Waals surface area (Å²) in [6.45, 7) is 11.4. The van der Waals surface area contributed by atoms with E-state index < -0.39 is 0 Å². The van der Waals surface area contributed by atoms with Crippen molar-refractivity contribution >= 4 is 12.0 Å². The first kappa shape index (κ1) is 20.7. The van der Waals surface area contributed by atoms with Gasteiger partial charge in [-0.1, -0.05) is 26.2 Å². The van der Waals surface area contributed by atoms with E-state index in [2.05, 4.69) is 41.6 Å². The Labute approximate surface area is 146 Å².